The molecule has 1 aromatic rings. The molecule has 0 unspecified atom stereocenters. The number of aryl methyl sites for hydroxylation is 1. The third-order valence-corrected chi connectivity index (χ3v) is 3.51. The van der Waals surface area contributed by atoms with Crippen molar-refractivity contribution in [1.82, 2.24) is 4.98 Å². The Bertz CT molecular complexity index is 386. The van der Waals surface area contributed by atoms with Gasteiger partial charge in [-0.25, -0.2) is 4.98 Å². The molecule has 0 aliphatic carbocycles. The van der Waals surface area contributed by atoms with Gasteiger partial charge in [-0.05, 0) is 40.9 Å². The van der Waals surface area contributed by atoms with E-state index >= 15 is 0 Å². The van der Waals surface area contributed by atoms with Gasteiger partial charge in [-0.15, -0.1) is 0 Å². The molecule has 1 aromatic heterocycles. The van der Waals surface area contributed by atoms with Crippen LogP contribution in [0.4, 0.5) is 5.82 Å². The lowest BCUT2D eigenvalue weighted by Crippen LogP contribution is -2.67. The highest BCUT2D eigenvalue weighted by Gasteiger charge is 2.39. The predicted molar refractivity (Wildman–Crippen MR) is 70.7 cm³/mol. The van der Waals surface area contributed by atoms with Crippen LogP contribution in [0.15, 0.2) is 16.7 Å². The predicted octanol–water partition coefficient (Wildman–Crippen LogP) is 2.47. The minimum Gasteiger partial charge on any atom is -0.353 e. The number of hydrogen-bond acceptors (Lipinski definition) is 3. The van der Waals surface area contributed by atoms with Crippen LogP contribution in [0.1, 0.15) is 25.3 Å². The fraction of sp³-hybridized carbons (Fsp3) is 0.583. The van der Waals surface area contributed by atoms with Gasteiger partial charge >= 0.3 is 0 Å². The maximum Gasteiger partial charge on any atom is 0.131 e. The molecule has 1 fully saturated rings. The molecule has 2 N–H and O–H groups in total. The first kappa shape index (κ1) is 11.9. The first-order valence-electron chi connectivity index (χ1n) is 5.70. The molecule has 1 aliphatic heterocycles. The van der Waals surface area contributed by atoms with E-state index in [1.807, 2.05) is 6.20 Å². The van der Waals surface area contributed by atoms with Crippen LogP contribution < -0.4 is 10.6 Å². The average molecular weight is 284 g/mol. The zero-order valence-electron chi connectivity index (χ0n) is 9.83. The van der Waals surface area contributed by atoms with E-state index in [9.17, 15) is 0 Å². The smallest absolute Gasteiger partial charge is 0.131 e. The van der Waals surface area contributed by atoms with Crippen LogP contribution in [0.5, 0.6) is 0 Å². The number of nitrogens with two attached hydrogens (primary N) is 1. The number of nitrogens with zero attached hydrogens (tertiary/aromatic N) is 2. The molecule has 0 bridgehead atoms. The fourth-order valence-electron chi connectivity index (χ4n) is 2.38. The van der Waals surface area contributed by atoms with Crippen molar-refractivity contribution in [2.45, 2.75) is 32.2 Å². The normalized spacial score (nSPS) is 18.4. The van der Waals surface area contributed by atoms with Gasteiger partial charge in [0.2, 0.25) is 0 Å². The molecule has 2 rings (SSSR count). The monoisotopic (exact) mass is 283 g/mol. The quantitative estimate of drug-likeness (QED) is 0.927. The van der Waals surface area contributed by atoms with Gasteiger partial charge in [0.1, 0.15) is 5.82 Å². The zero-order valence-corrected chi connectivity index (χ0v) is 11.4. The molecule has 0 aromatic carbocycles. The summed E-state index contributed by atoms with van der Waals surface area (Å²) in [5.74, 6) is 1.07. The van der Waals surface area contributed by atoms with Crippen LogP contribution in [-0.4, -0.2) is 23.6 Å². The lowest BCUT2D eigenvalue weighted by atomic mass is 9.86. The minimum absolute atomic E-state index is 0.00986. The molecule has 16 heavy (non-hydrogen) atoms. The summed E-state index contributed by atoms with van der Waals surface area (Å²) < 4.78 is 1.03. The van der Waals surface area contributed by atoms with Gasteiger partial charge in [0.15, 0.2) is 0 Å². The van der Waals surface area contributed by atoms with Gasteiger partial charge in [-0.3, -0.25) is 0 Å². The Labute approximate surface area is 105 Å². The van der Waals surface area contributed by atoms with Crippen molar-refractivity contribution in [3.63, 3.8) is 0 Å². The van der Waals surface area contributed by atoms with Crippen LogP contribution in [0.3, 0.4) is 0 Å². The highest BCUT2D eigenvalue weighted by Crippen LogP contribution is 2.30. The Morgan fingerprint density at radius 2 is 2.25 bits per heavy atom. The van der Waals surface area contributed by atoms with Crippen molar-refractivity contribution in [1.29, 1.82) is 0 Å². The third kappa shape index (κ3) is 2.23. The Morgan fingerprint density at radius 1 is 1.56 bits per heavy atom. The SMILES string of the molecule is CCCC1(N)CN(c2ncc(Br)cc2C)C1. The molecular formula is C12H18BrN3. The largest absolute Gasteiger partial charge is 0.353 e. The standard InChI is InChI=1S/C12H18BrN3/c1-3-4-12(14)7-16(8-12)11-9(2)5-10(13)6-15-11/h5-6H,3-4,7-8,14H2,1-2H3. The van der Waals surface area contributed by atoms with Gasteiger partial charge in [-0.2, -0.15) is 0 Å². The summed E-state index contributed by atoms with van der Waals surface area (Å²) in [5.41, 5.74) is 7.45. The number of pyridine rings is 1. The molecule has 0 radical (unpaired) electrons. The molecule has 1 saturated heterocycles. The fourth-order valence-corrected chi connectivity index (χ4v) is 2.83. The van der Waals surface area contributed by atoms with Crippen LogP contribution in [-0.2, 0) is 0 Å². The summed E-state index contributed by atoms with van der Waals surface area (Å²) in [6.07, 6.45) is 4.09. The van der Waals surface area contributed by atoms with Crippen molar-refractivity contribution in [2.24, 2.45) is 5.73 Å². The van der Waals surface area contributed by atoms with Gasteiger partial charge < -0.3 is 10.6 Å². The van der Waals surface area contributed by atoms with Crippen LogP contribution in [0.2, 0.25) is 0 Å². The topological polar surface area (TPSA) is 42.1 Å². The summed E-state index contributed by atoms with van der Waals surface area (Å²) in [6, 6.07) is 2.10. The lowest BCUT2D eigenvalue weighted by molar-refractivity contribution is 0.305. The van der Waals surface area contributed by atoms with Crippen LogP contribution in [0, 0.1) is 6.92 Å². The van der Waals surface area contributed by atoms with Crippen molar-refractivity contribution < 1.29 is 0 Å². The van der Waals surface area contributed by atoms with Gasteiger partial charge in [0.25, 0.3) is 0 Å². The number of hydrogen-bond donors (Lipinski definition) is 1. The molecule has 3 nitrogen and oxygen atoms in total. The molecule has 0 amide bonds. The van der Waals surface area contributed by atoms with E-state index in [-0.39, 0.29) is 5.54 Å². The van der Waals surface area contributed by atoms with Gasteiger partial charge in [0.05, 0.1) is 5.54 Å². The Hall–Kier alpha value is -0.610. The molecule has 0 spiro atoms. The maximum atomic E-state index is 6.24. The van der Waals surface area contributed by atoms with E-state index < -0.39 is 0 Å². The second-order valence-corrected chi connectivity index (χ2v) is 5.68. The molecule has 88 valence electrons. The summed E-state index contributed by atoms with van der Waals surface area (Å²) in [6.45, 7) is 6.12. The van der Waals surface area contributed by atoms with E-state index in [1.165, 1.54) is 5.56 Å². The zero-order chi connectivity index (χ0) is 11.8. The summed E-state index contributed by atoms with van der Waals surface area (Å²) in [4.78, 5) is 6.71. The summed E-state index contributed by atoms with van der Waals surface area (Å²) >= 11 is 3.43. The Kier molecular flexibility index (Phi) is 3.22. The first-order chi connectivity index (χ1) is 7.54. The molecule has 2 heterocycles. The minimum atomic E-state index is 0.00986. The van der Waals surface area contributed by atoms with Crippen molar-refractivity contribution in [3.05, 3.63) is 22.3 Å². The number of halogens is 1. The molecule has 0 atom stereocenters. The van der Waals surface area contributed by atoms with Crippen molar-refractivity contribution >= 4 is 21.7 Å². The second-order valence-electron chi connectivity index (χ2n) is 4.76. The van der Waals surface area contributed by atoms with Crippen LogP contribution >= 0.6 is 15.9 Å². The van der Waals surface area contributed by atoms with Crippen molar-refractivity contribution in [2.75, 3.05) is 18.0 Å². The van der Waals surface area contributed by atoms with E-state index in [1.54, 1.807) is 0 Å². The molecule has 4 heteroatoms. The maximum absolute atomic E-state index is 6.24. The van der Waals surface area contributed by atoms with Gasteiger partial charge in [0, 0.05) is 23.8 Å². The Morgan fingerprint density at radius 3 is 2.81 bits per heavy atom. The number of aromatic nitrogens is 1. The lowest BCUT2D eigenvalue weighted by Gasteiger charge is -2.49. The van der Waals surface area contributed by atoms with Crippen molar-refractivity contribution in [3.8, 4) is 0 Å². The molecule has 0 saturated carbocycles. The highest BCUT2D eigenvalue weighted by atomic mass is 79.9. The third-order valence-electron chi connectivity index (χ3n) is 3.08. The van der Waals surface area contributed by atoms with E-state index in [4.69, 9.17) is 5.73 Å². The van der Waals surface area contributed by atoms with E-state index in [0.717, 1.165) is 36.2 Å². The van der Waals surface area contributed by atoms with Gasteiger partial charge in [-0.1, -0.05) is 13.3 Å². The van der Waals surface area contributed by atoms with E-state index in [0.29, 0.717) is 0 Å². The molecule has 1 aliphatic rings. The van der Waals surface area contributed by atoms with E-state index in [2.05, 4.69) is 45.7 Å². The second kappa shape index (κ2) is 4.34. The first-order valence-corrected chi connectivity index (χ1v) is 6.49. The number of anilines is 1. The summed E-state index contributed by atoms with van der Waals surface area (Å²) in [7, 11) is 0. The molecular weight excluding hydrogens is 266 g/mol. The highest BCUT2D eigenvalue weighted by molar-refractivity contribution is 9.10. The van der Waals surface area contributed by atoms with Crippen LogP contribution in [0.25, 0.3) is 0 Å². The summed E-state index contributed by atoms with van der Waals surface area (Å²) in [5, 5.41) is 0. The average Bonchev–Trinajstić information content (AvgIpc) is 2.14. The number of rotatable bonds is 3. The Balaban J connectivity index is 2.06.